The molecule has 2 atom stereocenters. The number of hydrogen-bond donors (Lipinski definition) is 0. The molecule has 2 saturated carbocycles. The average Bonchev–Trinajstić information content (AvgIpc) is 3.88. The Labute approximate surface area is 248 Å². The summed E-state index contributed by atoms with van der Waals surface area (Å²) in [5.41, 5.74) is 10.1. The molecule has 0 N–H and O–H groups in total. The summed E-state index contributed by atoms with van der Waals surface area (Å²) in [5.74, 6) is 3.52. The lowest BCUT2D eigenvalue weighted by atomic mass is 9.95. The van der Waals surface area contributed by atoms with Crippen molar-refractivity contribution in [3.05, 3.63) is 114 Å². The third kappa shape index (κ3) is 3.38. The second-order valence-electron chi connectivity index (χ2n) is 12.5. The molecule has 2 aliphatic rings. The Morgan fingerprint density at radius 2 is 1.49 bits per heavy atom. The Morgan fingerprint density at radius 3 is 2.28 bits per heavy atom. The molecule has 2 unspecified atom stereocenters. The van der Waals surface area contributed by atoms with Crippen molar-refractivity contribution in [2.75, 3.05) is 0 Å². The SMILES string of the molecule is CCCc1cc(-c2ccc(-c3nnc4c5ccccc5c5ccccc5n34)cc2)c2oc3ccc(C4C5CC54)cc3c2c1. The van der Waals surface area contributed by atoms with Crippen molar-refractivity contribution in [2.24, 2.45) is 11.8 Å². The van der Waals surface area contributed by atoms with Crippen molar-refractivity contribution in [3.8, 4) is 22.5 Å². The van der Waals surface area contributed by atoms with Crippen LogP contribution in [0.3, 0.4) is 0 Å². The molecule has 2 aliphatic carbocycles. The van der Waals surface area contributed by atoms with Crippen LogP contribution in [0, 0.1) is 11.8 Å². The van der Waals surface area contributed by atoms with Crippen molar-refractivity contribution in [3.63, 3.8) is 0 Å². The summed E-state index contributed by atoms with van der Waals surface area (Å²) >= 11 is 0. The predicted molar refractivity (Wildman–Crippen MR) is 174 cm³/mol. The highest BCUT2D eigenvalue weighted by atomic mass is 16.3. The fraction of sp³-hybridized carbons (Fsp3) is 0.179. The van der Waals surface area contributed by atoms with Crippen LogP contribution in [0.2, 0.25) is 0 Å². The summed E-state index contributed by atoms with van der Waals surface area (Å²) in [4.78, 5) is 0. The summed E-state index contributed by atoms with van der Waals surface area (Å²) in [6, 6.07) is 37.3. The number of fused-ring (bicyclic) bond motifs is 10. The Balaban J connectivity index is 1.13. The lowest BCUT2D eigenvalue weighted by Gasteiger charge is -2.10. The maximum absolute atomic E-state index is 6.59. The number of benzene rings is 5. The van der Waals surface area contributed by atoms with E-state index in [4.69, 9.17) is 9.52 Å². The summed E-state index contributed by atoms with van der Waals surface area (Å²) in [6.07, 6.45) is 3.58. The molecule has 10 rings (SSSR count). The molecule has 43 heavy (non-hydrogen) atoms. The number of rotatable bonds is 5. The molecule has 0 spiro atoms. The van der Waals surface area contributed by atoms with Gasteiger partial charge in [-0.3, -0.25) is 4.40 Å². The smallest absolute Gasteiger partial charge is 0.169 e. The maximum Gasteiger partial charge on any atom is 0.169 e. The number of aryl methyl sites for hydroxylation is 1. The van der Waals surface area contributed by atoms with Gasteiger partial charge in [-0.15, -0.1) is 10.2 Å². The Hall–Kier alpha value is -4.96. The molecule has 8 aromatic rings. The standard InChI is InChI=1S/C39H29N3O/c1-2-7-22-18-29(37-33(19-22)30-20-25(16-17-35(30)43-37)36-31-21-32(31)36)23-12-14-24(15-13-23)38-40-41-39-28-10-4-3-8-26(28)27-9-5-6-11-34(27)42(38)39/h3-6,8-20,31-32,36H,2,7,21H2,1H3. The first-order valence-electron chi connectivity index (χ1n) is 15.5. The van der Waals surface area contributed by atoms with E-state index in [2.05, 4.69) is 120 Å². The number of nitrogens with zero attached hydrogens (tertiary/aromatic N) is 3. The number of para-hydroxylation sites is 1. The van der Waals surface area contributed by atoms with E-state index in [9.17, 15) is 0 Å². The van der Waals surface area contributed by atoms with Crippen LogP contribution >= 0.6 is 0 Å². The molecule has 206 valence electrons. The molecule has 0 bridgehead atoms. The van der Waals surface area contributed by atoms with E-state index >= 15 is 0 Å². The topological polar surface area (TPSA) is 43.3 Å². The van der Waals surface area contributed by atoms with Gasteiger partial charge < -0.3 is 4.42 Å². The molecule has 0 saturated heterocycles. The van der Waals surface area contributed by atoms with E-state index in [0.717, 1.165) is 80.8 Å². The minimum atomic E-state index is 0.781. The van der Waals surface area contributed by atoms with Crippen molar-refractivity contribution >= 4 is 49.3 Å². The van der Waals surface area contributed by atoms with Crippen LogP contribution in [0.1, 0.15) is 36.8 Å². The van der Waals surface area contributed by atoms with E-state index in [1.54, 1.807) is 0 Å². The van der Waals surface area contributed by atoms with Gasteiger partial charge in [0.1, 0.15) is 11.2 Å². The number of pyridine rings is 1. The second kappa shape index (κ2) is 8.54. The Kier molecular flexibility index (Phi) is 4.69. The molecular formula is C39H29N3O. The zero-order valence-corrected chi connectivity index (χ0v) is 23.9. The van der Waals surface area contributed by atoms with Crippen LogP contribution in [-0.2, 0) is 6.42 Å². The normalized spacial score (nSPS) is 19.1. The summed E-state index contributed by atoms with van der Waals surface area (Å²) in [7, 11) is 0. The van der Waals surface area contributed by atoms with E-state index in [1.807, 2.05) is 0 Å². The Morgan fingerprint density at radius 1 is 0.721 bits per heavy atom. The van der Waals surface area contributed by atoms with Crippen molar-refractivity contribution < 1.29 is 4.42 Å². The van der Waals surface area contributed by atoms with Gasteiger partial charge in [-0.25, -0.2) is 0 Å². The van der Waals surface area contributed by atoms with Gasteiger partial charge in [0.25, 0.3) is 0 Å². The molecule has 3 aromatic heterocycles. The molecule has 0 amide bonds. The number of furan rings is 1. The fourth-order valence-electron chi connectivity index (χ4n) is 7.56. The third-order valence-corrected chi connectivity index (χ3v) is 9.97. The zero-order valence-electron chi connectivity index (χ0n) is 23.9. The largest absolute Gasteiger partial charge is 0.455 e. The van der Waals surface area contributed by atoms with Crippen LogP contribution in [0.25, 0.3) is 71.8 Å². The van der Waals surface area contributed by atoms with Gasteiger partial charge in [-0.2, -0.15) is 0 Å². The van der Waals surface area contributed by atoms with E-state index < -0.39 is 0 Å². The first-order valence-corrected chi connectivity index (χ1v) is 15.5. The van der Waals surface area contributed by atoms with Crippen LogP contribution in [0.15, 0.2) is 108 Å². The highest BCUT2D eigenvalue weighted by Crippen LogP contribution is 2.73. The summed E-state index contributed by atoms with van der Waals surface area (Å²) in [5, 5.41) is 15.4. The zero-order chi connectivity index (χ0) is 28.2. The van der Waals surface area contributed by atoms with Gasteiger partial charge in [0, 0.05) is 32.7 Å². The lowest BCUT2D eigenvalue weighted by Crippen LogP contribution is -1.94. The summed E-state index contributed by atoms with van der Waals surface area (Å²) in [6.45, 7) is 2.25. The first kappa shape index (κ1) is 23.6. The number of hydrogen-bond acceptors (Lipinski definition) is 3. The van der Waals surface area contributed by atoms with Gasteiger partial charge in [0.05, 0.1) is 5.52 Å². The van der Waals surface area contributed by atoms with Crippen LogP contribution in [-0.4, -0.2) is 14.6 Å². The van der Waals surface area contributed by atoms with Crippen molar-refractivity contribution in [1.82, 2.24) is 14.6 Å². The fourth-order valence-corrected chi connectivity index (χ4v) is 7.56. The molecule has 0 radical (unpaired) electrons. The summed E-state index contributed by atoms with van der Waals surface area (Å²) < 4.78 is 8.79. The molecule has 4 heteroatoms. The predicted octanol–water partition coefficient (Wildman–Crippen LogP) is 9.95. The van der Waals surface area contributed by atoms with Crippen LogP contribution in [0.5, 0.6) is 0 Å². The third-order valence-electron chi connectivity index (χ3n) is 9.97. The molecular weight excluding hydrogens is 526 g/mol. The Bertz CT molecular complexity index is 2400. The minimum Gasteiger partial charge on any atom is -0.455 e. The molecule has 0 aliphatic heterocycles. The lowest BCUT2D eigenvalue weighted by molar-refractivity contribution is 0.669. The highest BCUT2D eigenvalue weighted by molar-refractivity contribution is 6.12. The molecule has 2 fully saturated rings. The van der Waals surface area contributed by atoms with Gasteiger partial charge >= 0.3 is 0 Å². The molecule has 5 aromatic carbocycles. The highest BCUT2D eigenvalue weighted by Gasteiger charge is 2.64. The first-order chi connectivity index (χ1) is 21.3. The monoisotopic (exact) mass is 555 g/mol. The number of aromatic nitrogens is 3. The quantitative estimate of drug-likeness (QED) is 0.199. The van der Waals surface area contributed by atoms with Gasteiger partial charge in [-0.05, 0) is 83.0 Å². The minimum absolute atomic E-state index is 0.781. The van der Waals surface area contributed by atoms with E-state index in [0.29, 0.717) is 0 Å². The van der Waals surface area contributed by atoms with E-state index in [1.165, 1.54) is 39.1 Å². The second-order valence-corrected chi connectivity index (χ2v) is 12.5. The van der Waals surface area contributed by atoms with Gasteiger partial charge in [-0.1, -0.05) is 86.1 Å². The maximum atomic E-state index is 6.59. The van der Waals surface area contributed by atoms with Gasteiger partial charge in [0.15, 0.2) is 11.5 Å². The van der Waals surface area contributed by atoms with E-state index in [-0.39, 0.29) is 0 Å². The van der Waals surface area contributed by atoms with Gasteiger partial charge in [0.2, 0.25) is 0 Å². The van der Waals surface area contributed by atoms with Crippen molar-refractivity contribution in [1.29, 1.82) is 0 Å². The average molecular weight is 556 g/mol. The molecule has 3 heterocycles. The molecule has 4 nitrogen and oxygen atoms in total. The van der Waals surface area contributed by atoms with Crippen LogP contribution in [0.4, 0.5) is 0 Å². The van der Waals surface area contributed by atoms with Crippen LogP contribution < -0.4 is 0 Å². The van der Waals surface area contributed by atoms with Crippen molar-refractivity contribution in [2.45, 2.75) is 32.1 Å².